The maximum atomic E-state index is 11.5. The summed E-state index contributed by atoms with van der Waals surface area (Å²) in [4.78, 5) is 0.286. The normalized spacial score (nSPS) is 13.6. The molecule has 0 saturated carbocycles. The lowest BCUT2D eigenvalue weighted by Crippen LogP contribution is -2.14. The van der Waals surface area contributed by atoms with E-state index in [0.29, 0.717) is 0 Å². The van der Waals surface area contributed by atoms with Crippen LogP contribution in [0.15, 0.2) is 23.1 Å². The average molecular weight is 257 g/mol. The smallest absolute Gasteiger partial charge is 0.175 e. The van der Waals surface area contributed by atoms with Crippen molar-refractivity contribution >= 4 is 9.84 Å². The Morgan fingerprint density at radius 1 is 1.41 bits per heavy atom. The van der Waals surface area contributed by atoms with Crippen LogP contribution in [0.25, 0.3) is 0 Å². The zero-order valence-corrected chi connectivity index (χ0v) is 11.0. The van der Waals surface area contributed by atoms with Gasteiger partial charge in [-0.1, -0.05) is 19.4 Å². The number of sulfone groups is 1. The molecule has 0 bridgehead atoms. The van der Waals surface area contributed by atoms with Gasteiger partial charge in [-0.05, 0) is 29.7 Å². The topological polar surface area (TPSA) is 80.4 Å². The molecule has 0 aliphatic heterocycles. The molecular weight excluding hydrogens is 238 g/mol. The highest BCUT2D eigenvalue weighted by Gasteiger charge is 2.14. The van der Waals surface area contributed by atoms with Crippen LogP contribution in [-0.4, -0.2) is 26.3 Å². The number of rotatable bonds is 5. The zero-order chi connectivity index (χ0) is 13.1. The number of hydrogen-bond donors (Lipinski definition) is 2. The highest BCUT2D eigenvalue weighted by Crippen LogP contribution is 2.22. The largest absolute Gasteiger partial charge is 0.387 e. The minimum Gasteiger partial charge on any atom is -0.387 e. The van der Waals surface area contributed by atoms with Crippen LogP contribution < -0.4 is 5.73 Å². The van der Waals surface area contributed by atoms with Crippen molar-refractivity contribution in [3.8, 4) is 0 Å². The summed E-state index contributed by atoms with van der Waals surface area (Å²) in [6.07, 6.45) is 2.06. The second-order valence-corrected chi connectivity index (χ2v) is 6.15. The molecule has 0 fully saturated rings. The zero-order valence-electron chi connectivity index (χ0n) is 10.2. The molecule has 4 nitrogen and oxygen atoms in total. The molecule has 5 heteroatoms. The summed E-state index contributed by atoms with van der Waals surface area (Å²) in [5, 5.41) is 9.76. The Morgan fingerprint density at radius 2 is 2.06 bits per heavy atom. The van der Waals surface area contributed by atoms with Gasteiger partial charge in [0.2, 0.25) is 0 Å². The SMILES string of the molecule is CCCc1cc(S(C)(=O)=O)ccc1C(O)CN. The van der Waals surface area contributed by atoms with Crippen molar-refractivity contribution in [3.63, 3.8) is 0 Å². The van der Waals surface area contributed by atoms with E-state index in [4.69, 9.17) is 5.73 Å². The molecule has 0 aromatic heterocycles. The third kappa shape index (κ3) is 3.52. The van der Waals surface area contributed by atoms with Crippen molar-refractivity contribution in [3.05, 3.63) is 29.3 Å². The van der Waals surface area contributed by atoms with E-state index in [1.54, 1.807) is 12.1 Å². The van der Waals surface area contributed by atoms with Crippen LogP contribution in [-0.2, 0) is 16.3 Å². The first-order chi connectivity index (χ1) is 7.90. The lowest BCUT2D eigenvalue weighted by Gasteiger charge is -2.14. The van der Waals surface area contributed by atoms with Gasteiger partial charge in [0.05, 0.1) is 11.0 Å². The van der Waals surface area contributed by atoms with Crippen molar-refractivity contribution in [1.29, 1.82) is 0 Å². The minimum atomic E-state index is -3.21. The summed E-state index contributed by atoms with van der Waals surface area (Å²) in [6.45, 7) is 2.14. The summed E-state index contributed by atoms with van der Waals surface area (Å²) in [7, 11) is -3.21. The highest BCUT2D eigenvalue weighted by atomic mass is 32.2. The Balaban J connectivity index is 3.26. The monoisotopic (exact) mass is 257 g/mol. The van der Waals surface area contributed by atoms with E-state index in [2.05, 4.69) is 0 Å². The molecule has 0 aliphatic rings. The molecule has 0 aliphatic carbocycles. The van der Waals surface area contributed by atoms with Crippen LogP contribution in [0, 0.1) is 0 Å². The fourth-order valence-electron chi connectivity index (χ4n) is 1.75. The van der Waals surface area contributed by atoms with Crippen LogP contribution >= 0.6 is 0 Å². The van der Waals surface area contributed by atoms with E-state index in [9.17, 15) is 13.5 Å². The first-order valence-corrected chi connectivity index (χ1v) is 7.50. The molecule has 17 heavy (non-hydrogen) atoms. The second kappa shape index (κ2) is 5.62. The van der Waals surface area contributed by atoms with E-state index < -0.39 is 15.9 Å². The standard InChI is InChI=1S/C12H19NO3S/c1-3-4-9-7-10(17(2,15)16)5-6-11(9)12(14)8-13/h5-7,12,14H,3-4,8,13H2,1-2H3. The number of aliphatic hydroxyl groups is 1. The van der Waals surface area contributed by atoms with Crippen molar-refractivity contribution in [2.75, 3.05) is 12.8 Å². The summed E-state index contributed by atoms with van der Waals surface area (Å²) in [6, 6.07) is 4.80. The lowest BCUT2D eigenvalue weighted by molar-refractivity contribution is 0.185. The van der Waals surface area contributed by atoms with Crippen molar-refractivity contribution in [1.82, 2.24) is 0 Å². The van der Waals surface area contributed by atoms with E-state index in [1.807, 2.05) is 6.92 Å². The van der Waals surface area contributed by atoms with E-state index >= 15 is 0 Å². The van der Waals surface area contributed by atoms with Crippen LogP contribution in [0.3, 0.4) is 0 Å². The number of nitrogens with two attached hydrogens (primary N) is 1. The first-order valence-electron chi connectivity index (χ1n) is 5.61. The van der Waals surface area contributed by atoms with Gasteiger partial charge in [0.15, 0.2) is 9.84 Å². The maximum absolute atomic E-state index is 11.5. The molecule has 96 valence electrons. The van der Waals surface area contributed by atoms with Crippen LogP contribution in [0.1, 0.15) is 30.6 Å². The Labute approximate surface area is 102 Å². The van der Waals surface area contributed by atoms with Gasteiger partial charge in [0.25, 0.3) is 0 Å². The molecule has 0 spiro atoms. The van der Waals surface area contributed by atoms with Gasteiger partial charge in [-0.2, -0.15) is 0 Å². The molecule has 1 rings (SSSR count). The molecule has 0 amide bonds. The summed E-state index contributed by atoms with van der Waals surface area (Å²) in [5.74, 6) is 0. The summed E-state index contributed by atoms with van der Waals surface area (Å²) < 4.78 is 22.9. The van der Waals surface area contributed by atoms with Crippen LogP contribution in [0.5, 0.6) is 0 Å². The average Bonchev–Trinajstić information content (AvgIpc) is 2.27. The molecule has 1 unspecified atom stereocenters. The summed E-state index contributed by atoms with van der Waals surface area (Å²) >= 11 is 0. The van der Waals surface area contributed by atoms with Crippen molar-refractivity contribution in [2.45, 2.75) is 30.8 Å². The molecule has 1 aromatic rings. The van der Waals surface area contributed by atoms with Gasteiger partial charge in [-0.15, -0.1) is 0 Å². The molecule has 0 saturated heterocycles. The van der Waals surface area contributed by atoms with Gasteiger partial charge in [-0.25, -0.2) is 8.42 Å². The molecule has 1 aromatic carbocycles. The predicted molar refractivity (Wildman–Crippen MR) is 67.6 cm³/mol. The summed E-state index contributed by atoms with van der Waals surface area (Å²) in [5.41, 5.74) is 7.00. The van der Waals surface area contributed by atoms with Crippen LogP contribution in [0.2, 0.25) is 0 Å². The fraction of sp³-hybridized carbons (Fsp3) is 0.500. The number of benzene rings is 1. The Bertz CT molecular complexity index is 483. The Hall–Kier alpha value is -0.910. The Morgan fingerprint density at radius 3 is 2.53 bits per heavy atom. The number of aliphatic hydroxyl groups excluding tert-OH is 1. The Kier molecular flexibility index (Phi) is 4.68. The molecule has 1 atom stereocenters. The molecular formula is C12H19NO3S. The highest BCUT2D eigenvalue weighted by molar-refractivity contribution is 7.90. The second-order valence-electron chi connectivity index (χ2n) is 4.13. The van der Waals surface area contributed by atoms with Gasteiger partial charge >= 0.3 is 0 Å². The van der Waals surface area contributed by atoms with Crippen molar-refractivity contribution in [2.24, 2.45) is 5.73 Å². The van der Waals surface area contributed by atoms with Gasteiger partial charge < -0.3 is 10.8 Å². The van der Waals surface area contributed by atoms with Gasteiger partial charge in [0, 0.05) is 12.8 Å². The molecule has 0 heterocycles. The van der Waals surface area contributed by atoms with Gasteiger partial charge in [0.1, 0.15) is 0 Å². The van der Waals surface area contributed by atoms with E-state index in [0.717, 1.165) is 24.0 Å². The predicted octanol–water partition coefficient (Wildman–Crippen LogP) is 1.03. The third-order valence-corrected chi connectivity index (χ3v) is 3.75. The lowest BCUT2D eigenvalue weighted by atomic mass is 9.99. The number of hydrogen-bond acceptors (Lipinski definition) is 4. The maximum Gasteiger partial charge on any atom is 0.175 e. The van der Waals surface area contributed by atoms with E-state index in [-0.39, 0.29) is 11.4 Å². The number of aryl methyl sites for hydroxylation is 1. The molecule has 3 N–H and O–H groups in total. The minimum absolute atomic E-state index is 0.134. The van der Waals surface area contributed by atoms with Gasteiger partial charge in [-0.3, -0.25) is 0 Å². The molecule has 0 radical (unpaired) electrons. The quantitative estimate of drug-likeness (QED) is 0.825. The van der Waals surface area contributed by atoms with E-state index in [1.165, 1.54) is 12.3 Å². The first kappa shape index (κ1) is 14.2. The van der Waals surface area contributed by atoms with Crippen molar-refractivity contribution < 1.29 is 13.5 Å². The fourth-order valence-corrected chi connectivity index (χ4v) is 2.42. The van der Waals surface area contributed by atoms with Crippen LogP contribution in [0.4, 0.5) is 0 Å². The third-order valence-electron chi connectivity index (χ3n) is 2.64.